The SMILES string of the molecule is C1CCC2(C1)NN2. The lowest BCUT2D eigenvalue weighted by Gasteiger charge is -1.93. The lowest BCUT2D eigenvalue weighted by atomic mass is 10.2. The summed E-state index contributed by atoms with van der Waals surface area (Å²) in [5.74, 6) is 0. The monoisotopic (exact) mass is 98.1 g/mol. The summed E-state index contributed by atoms with van der Waals surface area (Å²) in [6.07, 6.45) is 5.49. The molecule has 2 nitrogen and oxygen atoms in total. The van der Waals surface area contributed by atoms with Crippen LogP contribution in [0, 0.1) is 0 Å². The van der Waals surface area contributed by atoms with Crippen LogP contribution in [0.2, 0.25) is 0 Å². The van der Waals surface area contributed by atoms with E-state index in [1.807, 2.05) is 0 Å². The molecule has 0 atom stereocenters. The summed E-state index contributed by atoms with van der Waals surface area (Å²) >= 11 is 0. The summed E-state index contributed by atoms with van der Waals surface area (Å²) in [5.41, 5.74) is 6.76. The van der Waals surface area contributed by atoms with Gasteiger partial charge in [-0.2, -0.15) is 0 Å². The molecule has 7 heavy (non-hydrogen) atoms. The lowest BCUT2D eigenvalue weighted by Crippen LogP contribution is -2.09. The molecule has 0 amide bonds. The van der Waals surface area contributed by atoms with Crippen molar-refractivity contribution in [2.24, 2.45) is 0 Å². The molecule has 0 aromatic rings. The van der Waals surface area contributed by atoms with Crippen LogP contribution < -0.4 is 10.9 Å². The molecule has 2 N–H and O–H groups in total. The molecule has 1 spiro atoms. The lowest BCUT2D eigenvalue weighted by molar-refractivity contribution is 0.632. The molecule has 0 radical (unpaired) electrons. The van der Waals surface area contributed by atoms with E-state index in [2.05, 4.69) is 10.9 Å². The van der Waals surface area contributed by atoms with Gasteiger partial charge in [0.05, 0.1) is 5.66 Å². The first-order valence-electron chi connectivity index (χ1n) is 2.96. The Balaban J connectivity index is 2.07. The second-order valence-electron chi connectivity index (χ2n) is 2.54. The van der Waals surface area contributed by atoms with Crippen molar-refractivity contribution in [1.82, 2.24) is 10.9 Å². The van der Waals surface area contributed by atoms with Crippen LogP contribution in [-0.4, -0.2) is 5.66 Å². The Morgan fingerprint density at radius 2 is 1.57 bits per heavy atom. The van der Waals surface area contributed by atoms with Crippen LogP contribution in [-0.2, 0) is 0 Å². The third-order valence-corrected chi connectivity index (χ3v) is 1.94. The van der Waals surface area contributed by atoms with Crippen molar-refractivity contribution >= 4 is 0 Å². The molecule has 0 unspecified atom stereocenters. The van der Waals surface area contributed by atoms with E-state index in [0.717, 1.165) is 0 Å². The maximum absolute atomic E-state index is 3.16. The van der Waals surface area contributed by atoms with Crippen molar-refractivity contribution in [2.75, 3.05) is 0 Å². The minimum absolute atomic E-state index is 0.444. The summed E-state index contributed by atoms with van der Waals surface area (Å²) in [6, 6.07) is 0. The fourth-order valence-corrected chi connectivity index (χ4v) is 1.32. The van der Waals surface area contributed by atoms with E-state index in [1.165, 1.54) is 25.7 Å². The molecular weight excluding hydrogens is 88.1 g/mol. The first-order chi connectivity index (χ1) is 3.41. The second-order valence-corrected chi connectivity index (χ2v) is 2.54. The van der Waals surface area contributed by atoms with Crippen molar-refractivity contribution in [1.29, 1.82) is 0 Å². The quantitative estimate of drug-likeness (QED) is 0.430. The third kappa shape index (κ3) is 0.469. The van der Waals surface area contributed by atoms with Gasteiger partial charge in [0, 0.05) is 0 Å². The Bertz CT molecular complexity index is 78.1. The molecule has 0 aromatic heterocycles. The van der Waals surface area contributed by atoms with Gasteiger partial charge in [0.1, 0.15) is 0 Å². The van der Waals surface area contributed by atoms with Crippen LogP contribution in [0.4, 0.5) is 0 Å². The zero-order chi connectivity index (χ0) is 4.74. The summed E-state index contributed by atoms with van der Waals surface area (Å²) in [5, 5.41) is 0. The topological polar surface area (TPSA) is 43.9 Å². The van der Waals surface area contributed by atoms with Gasteiger partial charge in [0.2, 0.25) is 0 Å². The van der Waals surface area contributed by atoms with E-state index in [9.17, 15) is 0 Å². The van der Waals surface area contributed by atoms with E-state index in [-0.39, 0.29) is 0 Å². The van der Waals surface area contributed by atoms with Gasteiger partial charge >= 0.3 is 0 Å². The average Bonchev–Trinajstić information content (AvgIpc) is 2.15. The zero-order valence-electron chi connectivity index (χ0n) is 4.33. The van der Waals surface area contributed by atoms with Crippen LogP contribution >= 0.6 is 0 Å². The first kappa shape index (κ1) is 3.87. The number of rotatable bonds is 0. The van der Waals surface area contributed by atoms with Gasteiger partial charge in [0.25, 0.3) is 0 Å². The van der Waals surface area contributed by atoms with Crippen molar-refractivity contribution in [2.45, 2.75) is 31.3 Å². The highest BCUT2D eigenvalue weighted by Crippen LogP contribution is 2.31. The molecule has 1 saturated heterocycles. The minimum Gasteiger partial charge on any atom is -0.235 e. The largest absolute Gasteiger partial charge is 0.235 e. The van der Waals surface area contributed by atoms with Crippen molar-refractivity contribution in [3.8, 4) is 0 Å². The predicted octanol–water partition coefficient (Wildman–Crippen LogP) is 0.364. The second kappa shape index (κ2) is 1.01. The number of hydrazine groups is 1. The number of hydrogen-bond acceptors (Lipinski definition) is 2. The van der Waals surface area contributed by atoms with E-state index in [0.29, 0.717) is 5.66 Å². The minimum atomic E-state index is 0.444. The molecule has 40 valence electrons. The van der Waals surface area contributed by atoms with Crippen LogP contribution in [0.5, 0.6) is 0 Å². The van der Waals surface area contributed by atoms with Crippen LogP contribution in [0.3, 0.4) is 0 Å². The standard InChI is InChI=1S/C5H10N2/c1-2-4-5(3-1)6-7-5/h6-7H,1-4H2. The van der Waals surface area contributed by atoms with Gasteiger partial charge in [-0.05, 0) is 12.8 Å². The Morgan fingerprint density at radius 3 is 1.86 bits per heavy atom. The first-order valence-corrected chi connectivity index (χ1v) is 2.96. The Hall–Kier alpha value is -0.0800. The van der Waals surface area contributed by atoms with Crippen molar-refractivity contribution < 1.29 is 0 Å². The van der Waals surface area contributed by atoms with Crippen LogP contribution in [0.15, 0.2) is 0 Å². The van der Waals surface area contributed by atoms with Crippen molar-refractivity contribution in [3.63, 3.8) is 0 Å². The highest BCUT2D eigenvalue weighted by Gasteiger charge is 2.43. The van der Waals surface area contributed by atoms with Gasteiger partial charge in [-0.25, -0.2) is 10.9 Å². The van der Waals surface area contributed by atoms with Gasteiger partial charge < -0.3 is 0 Å². The molecule has 1 aliphatic carbocycles. The summed E-state index contributed by atoms with van der Waals surface area (Å²) in [7, 11) is 0. The summed E-state index contributed by atoms with van der Waals surface area (Å²) < 4.78 is 0. The molecule has 0 aromatic carbocycles. The highest BCUT2D eigenvalue weighted by atomic mass is 15.7. The molecule has 2 fully saturated rings. The summed E-state index contributed by atoms with van der Waals surface area (Å²) in [4.78, 5) is 0. The Kier molecular flexibility index (Phi) is 0.557. The van der Waals surface area contributed by atoms with E-state index >= 15 is 0 Å². The fourth-order valence-electron chi connectivity index (χ4n) is 1.32. The summed E-state index contributed by atoms with van der Waals surface area (Å²) in [6.45, 7) is 0. The van der Waals surface area contributed by atoms with Gasteiger partial charge in [-0.15, -0.1) is 0 Å². The van der Waals surface area contributed by atoms with E-state index < -0.39 is 0 Å². The van der Waals surface area contributed by atoms with Gasteiger partial charge in [-0.1, -0.05) is 12.8 Å². The molecule has 1 heterocycles. The normalized spacial score (nSPS) is 34.3. The van der Waals surface area contributed by atoms with E-state index in [4.69, 9.17) is 0 Å². The molecule has 1 saturated carbocycles. The van der Waals surface area contributed by atoms with Crippen molar-refractivity contribution in [3.05, 3.63) is 0 Å². The Morgan fingerprint density at radius 1 is 1.00 bits per heavy atom. The molecule has 1 aliphatic heterocycles. The third-order valence-electron chi connectivity index (χ3n) is 1.94. The van der Waals surface area contributed by atoms with Gasteiger partial charge in [-0.3, -0.25) is 0 Å². The molecule has 2 aliphatic rings. The zero-order valence-corrected chi connectivity index (χ0v) is 4.33. The highest BCUT2D eigenvalue weighted by molar-refractivity contribution is 4.97. The smallest absolute Gasteiger partial charge is 0.0943 e. The molecule has 0 bridgehead atoms. The number of nitrogens with one attached hydrogen (secondary N) is 2. The molecule has 2 rings (SSSR count). The maximum Gasteiger partial charge on any atom is 0.0943 e. The van der Waals surface area contributed by atoms with Crippen LogP contribution in [0.1, 0.15) is 25.7 Å². The number of hydrogen-bond donors (Lipinski definition) is 2. The maximum atomic E-state index is 3.16. The molecular formula is C5H10N2. The molecule has 2 heteroatoms. The Labute approximate surface area is 43.3 Å². The van der Waals surface area contributed by atoms with Gasteiger partial charge in [0.15, 0.2) is 0 Å². The van der Waals surface area contributed by atoms with Crippen LogP contribution in [0.25, 0.3) is 0 Å². The fraction of sp³-hybridized carbons (Fsp3) is 1.00. The average molecular weight is 98.1 g/mol. The predicted molar refractivity (Wildman–Crippen MR) is 27.5 cm³/mol. The van der Waals surface area contributed by atoms with E-state index in [1.54, 1.807) is 0 Å².